The summed E-state index contributed by atoms with van der Waals surface area (Å²) in [7, 11) is 0. The summed E-state index contributed by atoms with van der Waals surface area (Å²) < 4.78 is 0. The van der Waals surface area contributed by atoms with Crippen molar-refractivity contribution in [2.75, 3.05) is 12.3 Å². The highest BCUT2D eigenvalue weighted by Crippen LogP contribution is 2.24. The first-order chi connectivity index (χ1) is 7.11. The molecule has 2 atom stereocenters. The molecular weight excluding hydrogens is 208 g/mol. The van der Waals surface area contributed by atoms with Gasteiger partial charge in [-0.25, -0.2) is 0 Å². The summed E-state index contributed by atoms with van der Waals surface area (Å²) in [4.78, 5) is 11.7. The Morgan fingerprint density at radius 1 is 1.53 bits per heavy atom. The Balaban J connectivity index is 2.22. The SMILES string of the molecule is CC(C)C(N)CNC(=O)C1CCCCS1. The quantitative estimate of drug-likeness (QED) is 0.767. The third-order valence-electron chi connectivity index (χ3n) is 2.84. The monoisotopic (exact) mass is 230 g/mol. The zero-order valence-electron chi connectivity index (χ0n) is 9.66. The summed E-state index contributed by atoms with van der Waals surface area (Å²) in [6, 6.07) is 0.0718. The van der Waals surface area contributed by atoms with Gasteiger partial charge in [-0.1, -0.05) is 20.3 Å². The van der Waals surface area contributed by atoms with E-state index < -0.39 is 0 Å². The van der Waals surface area contributed by atoms with Gasteiger partial charge in [0.05, 0.1) is 5.25 Å². The van der Waals surface area contributed by atoms with Gasteiger partial charge >= 0.3 is 0 Å². The molecule has 0 saturated carbocycles. The Morgan fingerprint density at radius 3 is 2.80 bits per heavy atom. The number of nitrogens with two attached hydrogens (primary N) is 1. The first kappa shape index (κ1) is 12.8. The van der Waals surface area contributed by atoms with Crippen molar-refractivity contribution in [2.45, 2.75) is 44.4 Å². The average Bonchev–Trinajstić information content (AvgIpc) is 2.26. The fourth-order valence-corrected chi connectivity index (χ4v) is 2.74. The number of rotatable bonds is 4. The van der Waals surface area contributed by atoms with E-state index in [0.29, 0.717) is 12.5 Å². The fraction of sp³-hybridized carbons (Fsp3) is 0.909. The summed E-state index contributed by atoms with van der Waals surface area (Å²) in [5.74, 6) is 1.72. The van der Waals surface area contributed by atoms with Crippen molar-refractivity contribution < 1.29 is 4.79 Å². The second kappa shape index (κ2) is 6.38. The van der Waals surface area contributed by atoms with Crippen molar-refractivity contribution in [1.82, 2.24) is 5.32 Å². The molecule has 4 heteroatoms. The Labute approximate surface area is 96.6 Å². The van der Waals surface area contributed by atoms with Crippen molar-refractivity contribution in [1.29, 1.82) is 0 Å². The lowest BCUT2D eigenvalue weighted by molar-refractivity contribution is -0.120. The maximum atomic E-state index is 11.7. The van der Waals surface area contributed by atoms with Crippen LogP contribution in [0.1, 0.15) is 33.1 Å². The number of nitrogens with one attached hydrogen (secondary N) is 1. The van der Waals surface area contributed by atoms with Gasteiger partial charge in [0.2, 0.25) is 5.91 Å². The van der Waals surface area contributed by atoms with Crippen molar-refractivity contribution in [3.05, 3.63) is 0 Å². The summed E-state index contributed by atoms with van der Waals surface area (Å²) in [5.41, 5.74) is 5.87. The van der Waals surface area contributed by atoms with Crippen LogP contribution in [0.4, 0.5) is 0 Å². The zero-order chi connectivity index (χ0) is 11.3. The third-order valence-corrected chi connectivity index (χ3v) is 4.22. The molecule has 1 aliphatic heterocycles. The minimum Gasteiger partial charge on any atom is -0.354 e. The van der Waals surface area contributed by atoms with Gasteiger partial charge in [-0.3, -0.25) is 4.79 Å². The van der Waals surface area contributed by atoms with Gasteiger partial charge in [-0.15, -0.1) is 11.8 Å². The van der Waals surface area contributed by atoms with Gasteiger partial charge in [0.15, 0.2) is 0 Å². The van der Waals surface area contributed by atoms with Gasteiger partial charge < -0.3 is 11.1 Å². The Bertz CT molecular complexity index is 203. The molecule has 0 aromatic rings. The van der Waals surface area contributed by atoms with E-state index in [9.17, 15) is 4.79 Å². The van der Waals surface area contributed by atoms with E-state index in [1.807, 2.05) is 0 Å². The zero-order valence-corrected chi connectivity index (χ0v) is 10.5. The molecule has 0 aromatic carbocycles. The molecule has 0 spiro atoms. The van der Waals surface area contributed by atoms with E-state index in [-0.39, 0.29) is 17.2 Å². The van der Waals surface area contributed by atoms with Crippen LogP contribution in [0.15, 0.2) is 0 Å². The summed E-state index contributed by atoms with van der Waals surface area (Å²) in [5, 5.41) is 3.11. The number of amides is 1. The molecule has 3 nitrogen and oxygen atoms in total. The maximum absolute atomic E-state index is 11.7. The standard InChI is InChI=1S/C11H22N2OS/c1-8(2)9(12)7-13-11(14)10-5-3-4-6-15-10/h8-10H,3-7,12H2,1-2H3,(H,13,14). The summed E-state index contributed by atoms with van der Waals surface area (Å²) >= 11 is 1.78. The van der Waals surface area contributed by atoms with Crippen LogP contribution in [0.2, 0.25) is 0 Å². The lowest BCUT2D eigenvalue weighted by Gasteiger charge is -2.22. The van der Waals surface area contributed by atoms with E-state index in [2.05, 4.69) is 19.2 Å². The number of hydrogen-bond donors (Lipinski definition) is 2. The predicted molar refractivity (Wildman–Crippen MR) is 65.9 cm³/mol. The molecule has 0 bridgehead atoms. The van der Waals surface area contributed by atoms with Crippen molar-refractivity contribution in [2.24, 2.45) is 11.7 Å². The Hall–Kier alpha value is -0.220. The highest BCUT2D eigenvalue weighted by Gasteiger charge is 2.21. The maximum Gasteiger partial charge on any atom is 0.233 e. The topological polar surface area (TPSA) is 55.1 Å². The highest BCUT2D eigenvalue weighted by atomic mass is 32.2. The average molecular weight is 230 g/mol. The van der Waals surface area contributed by atoms with Crippen molar-refractivity contribution in [3.8, 4) is 0 Å². The fourth-order valence-electron chi connectivity index (χ4n) is 1.52. The molecular formula is C11H22N2OS. The molecule has 0 aliphatic carbocycles. The molecule has 0 radical (unpaired) electrons. The first-order valence-electron chi connectivity index (χ1n) is 5.76. The van der Waals surface area contributed by atoms with Crippen LogP contribution in [0.3, 0.4) is 0 Å². The lowest BCUT2D eigenvalue weighted by atomic mass is 10.1. The molecule has 0 aromatic heterocycles. The van der Waals surface area contributed by atoms with Crippen LogP contribution in [0.25, 0.3) is 0 Å². The van der Waals surface area contributed by atoms with Gasteiger partial charge in [0.25, 0.3) is 0 Å². The van der Waals surface area contributed by atoms with E-state index in [0.717, 1.165) is 12.2 Å². The summed E-state index contributed by atoms with van der Waals surface area (Å²) in [6.45, 7) is 4.76. The molecule has 1 amide bonds. The van der Waals surface area contributed by atoms with Crippen LogP contribution in [0, 0.1) is 5.92 Å². The molecule has 1 rings (SSSR count). The summed E-state index contributed by atoms with van der Waals surface area (Å²) in [6.07, 6.45) is 3.45. The number of carbonyl (C=O) groups excluding carboxylic acids is 1. The van der Waals surface area contributed by atoms with Crippen molar-refractivity contribution >= 4 is 17.7 Å². The largest absolute Gasteiger partial charge is 0.354 e. The predicted octanol–water partition coefficient (Wildman–Crippen LogP) is 1.37. The lowest BCUT2D eigenvalue weighted by Crippen LogP contribution is -2.43. The smallest absolute Gasteiger partial charge is 0.233 e. The van der Waals surface area contributed by atoms with Crippen molar-refractivity contribution in [3.63, 3.8) is 0 Å². The van der Waals surface area contributed by atoms with Crippen LogP contribution in [-0.2, 0) is 4.79 Å². The molecule has 15 heavy (non-hydrogen) atoms. The second-order valence-corrected chi connectivity index (χ2v) is 5.82. The van der Waals surface area contributed by atoms with Gasteiger partial charge in [0.1, 0.15) is 0 Å². The number of thioether (sulfide) groups is 1. The molecule has 88 valence electrons. The molecule has 1 saturated heterocycles. The van der Waals surface area contributed by atoms with Crippen LogP contribution < -0.4 is 11.1 Å². The molecule has 2 unspecified atom stereocenters. The highest BCUT2D eigenvalue weighted by molar-refractivity contribution is 8.00. The molecule has 1 fully saturated rings. The van der Waals surface area contributed by atoms with Crippen LogP contribution in [-0.4, -0.2) is 29.5 Å². The van der Waals surface area contributed by atoms with E-state index >= 15 is 0 Å². The van der Waals surface area contributed by atoms with Gasteiger partial charge in [-0.05, 0) is 24.5 Å². The molecule has 3 N–H and O–H groups in total. The first-order valence-corrected chi connectivity index (χ1v) is 6.81. The third kappa shape index (κ3) is 4.43. The number of carbonyl (C=O) groups is 1. The van der Waals surface area contributed by atoms with E-state index in [1.54, 1.807) is 11.8 Å². The Kier molecular flexibility index (Phi) is 5.47. The molecule has 1 heterocycles. The Morgan fingerprint density at radius 2 is 2.27 bits per heavy atom. The second-order valence-electron chi connectivity index (χ2n) is 4.51. The minimum atomic E-state index is 0.0718. The van der Waals surface area contributed by atoms with E-state index in [4.69, 9.17) is 5.73 Å². The van der Waals surface area contributed by atoms with Gasteiger partial charge in [0, 0.05) is 12.6 Å². The normalized spacial score (nSPS) is 23.9. The molecule has 1 aliphatic rings. The number of hydrogen-bond acceptors (Lipinski definition) is 3. The minimum absolute atomic E-state index is 0.0718. The van der Waals surface area contributed by atoms with Crippen LogP contribution in [0.5, 0.6) is 0 Å². The van der Waals surface area contributed by atoms with Gasteiger partial charge in [-0.2, -0.15) is 0 Å². The van der Waals surface area contributed by atoms with Crippen LogP contribution >= 0.6 is 11.8 Å². The van der Waals surface area contributed by atoms with E-state index in [1.165, 1.54) is 12.8 Å².